The molecule has 0 spiro atoms. The molecule has 0 radical (unpaired) electrons. The highest BCUT2D eigenvalue weighted by atomic mass is 32.2. The Morgan fingerprint density at radius 1 is 0.841 bits per heavy atom. The Labute approximate surface area is 261 Å². The van der Waals surface area contributed by atoms with Crippen LogP contribution < -0.4 is 5.32 Å². The Hall–Kier alpha value is -4.34. The maximum Gasteiger partial charge on any atom is 0.253 e. The molecule has 0 aliphatic carbocycles. The molecule has 1 saturated heterocycles. The van der Waals surface area contributed by atoms with Gasteiger partial charge in [-0.2, -0.15) is 0 Å². The van der Waals surface area contributed by atoms with E-state index >= 15 is 0 Å². The third-order valence-corrected chi connectivity index (χ3v) is 8.54. The van der Waals surface area contributed by atoms with Crippen LogP contribution in [0, 0.1) is 0 Å². The van der Waals surface area contributed by atoms with Gasteiger partial charge in [-0.3, -0.25) is 9.78 Å². The zero-order chi connectivity index (χ0) is 30.1. The van der Waals surface area contributed by atoms with Crippen molar-refractivity contribution in [3.63, 3.8) is 0 Å². The Morgan fingerprint density at radius 3 is 2.45 bits per heavy atom. The molecule has 1 amide bonds. The number of aliphatic hydroxyl groups is 1. The minimum Gasteiger partial charge on any atom is -0.392 e. The molecule has 1 aliphatic rings. The van der Waals surface area contributed by atoms with Crippen LogP contribution in [0.1, 0.15) is 51.4 Å². The summed E-state index contributed by atoms with van der Waals surface area (Å²) < 4.78 is 13.1. The normalized spacial score (nSPS) is 18.1. The largest absolute Gasteiger partial charge is 0.392 e. The maximum atomic E-state index is 12.5. The number of nitrogens with one attached hydrogen (secondary N) is 1. The van der Waals surface area contributed by atoms with Gasteiger partial charge in [-0.15, -0.1) is 11.8 Å². The summed E-state index contributed by atoms with van der Waals surface area (Å²) in [5.74, 6) is 0.586. The highest BCUT2D eigenvalue weighted by molar-refractivity contribution is 7.99. The van der Waals surface area contributed by atoms with E-state index in [1.54, 1.807) is 42.5 Å². The standard InChI is InChI=1S/C36H33N3O4S/c40-23-25-12-14-27(15-13-25)33-20-32(24-44-34-11-1-2-17-38-34)42-36(43-33)30-9-4-8-29(19-30)28-7-3-6-26(18-28)21-39-35(41)31-10-5-16-37-22-31/h1-19,22,32-33,36,40H,20-21,23-24H2,(H,39,41)/t32-,33+,36+/m1/s1. The lowest BCUT2D eigenvalue weighted by molar-refractivity contribution is -0.245. The average Bonchev–Trinajstić information content (AvgIpc) is 3.10. The number of amides is 1. The molecule has 3 aromatic carbocycles. The second-order valence-electron chi connectivity index (χ2n) is 10.6. The van der Waals surface area contributed by atoms with Crippen molar-refractivity contribution in [1.29, 1.82) is 0 Å². The summed E-state index contributed by atoms with van der Waals surface area (Å²) in [4.78, 5) is 21.0. The molecule has 8 heteroatoms. The van der Waals surface area contributed by atoms with E-state index in [4.69, 9.17) is 9.47 Å². The molecule has 3 heterocycles. The highest BCUT2D eigenvalue weighted by Gasteiger charge is 2.32. The lowest BCUT2D eigenvalue weighted by atomic mass is 9.99. The number of hydrogen-bond donors (Lipinski definition) is 2. The number of nitrogens with zero attached hydrogens (tertiary/aromatic N) is 2. The Balaban J connectivity index is 1.20. The second kappa shape index (κ2) is 14.4. The molecule has 3 atom stereocenters. The lowest BCUT2D eigenvalue weighted by Gasteiger charge is -2.36. The second-order valence-corrected chi connectivity index (χ2v) is 11.6. The first-order valence-corrected chi connectivity index (χ1v) is 15.5. The molecule has 222 valence electrons. The van der Waals surface area contributed by atoms with Crippen LogP contribution in [-0.2, 0) is 22.6 Å². The molecule has 6 rings (SSSR count). The molecule has 0 bridgehead atoms. The Bertz CT molecular complexity index is 1670. The van der Waals surface area contributed by atoms with Gasteiger partial charge in [0.25, 0.3) is 5.91 Å². The monoisotopic (exact) mass is 603 g/mol. The van der Waals surface area contributed by atoms with E-state index in [9.17, 15) is 9.90 Å². The summed E-state index contributed by atoms with van der Waals surface area (Å²) >= 11 is 1.68. The fourth-order valence-corrected chi connectivity index (χ4v) is 6.02. The predicted octanol–water partition coefficient (Wildman–Crippen LogP) is 6.90. The average molecular weight is 604 g/mol. The van der Waals surface area contributed by atoms with E-state index in [0.717, 1.165) is 44.2 Å². The smallest absolute Gasteiger partial charge is 0.253 e. The quantitative estimate of drug-likeness (QED) is 0.168. The summed E-state index contributed by atoms with van der Waals surface area (Å²) in [6.45, 7) is 0.411. The van der Waals surface area contributed by atoms with Crippen LogP contribution >= 0.6 is 11.8 Å². The van der Waals surface area contributed by atoms with Crippen LogP contribution in [0.4, 0.5) is 0 Å². The van der Waals surface area contributed by atoms with Crippen molar-refractivity contribution >= 4 is 17.7 Å². The fourth-order valence-electron chi connectivity index (χ4n) is 5.14. The van der Waals surface area contributed by atoms with Gasteiger partial charge in [0.1, 0.15) is 0 Å². The predicted molar refractivity (Wildman–Crippen MR) is 171 cm³/mol. The van der Waals surface area contributed by atoms with Crippen LogP contribution in [0.3, 0.4) is 0 Å². The number of aliphatic hydroxyl groups excluding tert-OH is 1. The van der Waals surface area contributed by atoms with Crippen molar-refractivity contribution in [2.24, 2.45) is 0 Å². The zero-order valence-corrected chi connectivity index (χ0v) is 24.9. The van der Waals surface area contributed by atoms with Crippen molar-refractivity contribution in [3.05, 3.63) is 150 Å². The first kappa shape index (κ1) is 29.7. The number of benzene rings is 3. The van der Waals surface area contributed by atoms with Gasteiger partial charge in [0.2, 0.25) is 0 Å². The maximum absolute atomic E-state index is 12.5. The first-order valence-electron chi connectivity index (χ1n) is 14.6. The summed E-state index contributed by atoms with van der Waals surface area (Å²) in [5.41, 5.74) is 6.45. The highest BCUT2D eigenvalue weighted by Crippen LogP contribution is 2.40. The number of rotatable bonds is 10. The summed E-state index contributed by atoms with van der Waals surface area (Å²) in [7, 11) is 0. The van der Waals surface area contributed by atoms with Crippen LogP contribution in [-0.4, -0.2) is 32.8 Å². The minimum absolute atomic E-state index is 0.00570. The molecular formula is C36H33N3O4S. The summed E-state index contributed by atoms with van der Waals surface area (Å²) in [5, 5.41) is 13.4. The van der Waals surface area contributed by atoms with E-state index in [1.807, 2.05) is 66.7 Å². The van der Waals surface area contributed by atoms with Crippen LogP contribution in [0.5, 0.6) is 0 Å². The Morgan fingerprint density at radius 2 is 1.68 bits per heavy atom. The van der Waals surface area contributed by atoms with E-state index in [0.29, 0.717) is 18.5 Å². The molecule has 1 fully saturated rings. The number of carbonyl (C=O) groups excluding carboxylic acids is 1. The number of hydrogen-bond acceptors (Lipinski definition) is 7. The van der Waals surface area contributed by atoms with E-state index < -0.39 is 6.29 Å². The van der Waals surface area contributed by atoms with Crippen LogP contribution in [0.25, 0.3) is 11.1 Å². The van der Waals surface area contributed by atoms with Gasteiger partial charge in [-0.25, -0.2) is 4.98 Å². The minimum atomic E-state index is -0.553. The zero-order valence-electron chi connectivity index (χ0n) is 24.1. The molecule has 2 aromatic heterocycles. The fraction of sp³-hybridized carbons (Fsp3) is 0.194. The molecule has 0 saturated carbocycles. The van der Waals surface area contributed by atoms with Gasteiger partial charge in [-0.1, -0.05) is 66.7 Å². The van der Waals surface area contributed by atoms with Gasteiger partial charge in [0, 0.05) is 42.9 Å². The number of pyridine rings is 2. The molecule has 44 heavy (non-hydrogen) atoms. The van der Waals surface area contributed by atoms with Crippen molar-refractivity contribution < 1.29 is 19.4 Å². The van der Waals surface area contributed by atoms with Crippen LogP contribution in [0.2, 0.25) is 0 Å². The summed E-state index contributed by atoms with van der Waals surface area (Å²) in [6, 6.07) is 33.7. The van der Waals surface area contributed by atoms with Crippen LogP contribution in [0.15, 0.2) is 127 Å². The number of ether oxygens (including phenoxy) is 2. The van der Waals surface area contributed by atoms with Gasteiger partial charge in [0.15, 0.2) is 6.29 Å². The molecule has 1 aliphatic heterocycles. The van der Waals surface area contributed by atoms with Crippen molar-refractivity contribution in [2.45, 2.75) is 43.1 Å². The van der Waals surface area contributed by atoms with Gasteiger partial charge < -0.3 is 19.9 Å². The first-order chi connectivity index (χ1) is 21.6. The van der Waals surface area contributed by atoms with Gasteiger partial charge in [-0.05, 0) is 64.2 Å². The van der Waals surface area contributed by atoms with Gasteiger partial charge in [0.05, 0.1) is 29.4 Å². The molecule has 0 unspecified atom stereocenters. The molecule has 2 N–H and O–H groups in total. The van der Waals surface area contributed by atoms with Crippen molar-refractivity contribution in [3.8, 4) is 11.1 Å². The molecule has 7 nitrogen and oxygen atoms in total. The molecular weight excluding hydrogens is 570 g/mol. The van der Waals surface area contributed by atoms with E-state index in [2.05, 4.69) is 39.6 Å². The van der Waals surface area contributed by atoms with E-state index in [1.165, 1.54) is 0 Å². The summed E-state index contributed by atoms with van der Waals surface area (Å²) in [6.07, 6.45) is 4.95. The van der Waals surface area contributed by atoms with E-state index in [-0.39, 0.29) is 24.7 Å². The molecule has 5 aromatic rings. The van der Waals surface area contributed by atoms with Crippen molar-refractivity contribution in [1.82, 2.24) is 15.3 Å². The third-order valence-electron chi connectivity index (χ3n) is 7.47. The van der Waals surface area contributed by atoms with Gasteiger partial charge >= 0.3 is 0 Å². The topological polar surface area (TPSA) is 93.6 Å². The number of thioether (sulfide) groups is 1. The Kier molecular flexibility index (Phi) is 9.74. The lowest BCUT2D eigenvalue weighted by Crippen LogP contribution is -2.31. The third kappa shape index (κ3) is 7.59. The SMILES string of the molecule is O=C(NCc1cccc(-c2cccc([C@H]3O[C@@H](CSc4ccccn4)C[C@@H](c4ccc(CO)cc4)O3)c2)c1)c1cccnc1. The number of carbonyl (C=O) groups is 1. The van der Waals surface area contributed by atoms with Crippen molar-refractivity contribution in [2.75, 3.05) is 5.75 Å². The number of aromatic nitrogens is 2.